The standard InChI is InChI=1S/C21H16ClFN4O3/c1-29-18-6-3-12(9-19(18)30-2)17-7-8-24-20-11-16(26-27(17)20)21(28)25-13-4-5-15(23)14(22)10-13/h3-11H,1-2H3,(H,25,28). The van der Waals surface area contributed by atoms with Crippen molar-refractivity contribution in [2.45, 2.75) is 0 Å². The van der Waals surface area contributed by atoms with E-state index in [1.165, 1.54) is 18.2 Å². The number of nitrogens with one attached hydrogen (secondary N) is 1. The number of hydrogen-bond donors (Lipinski definition) is 1. The molecule has 1 N–H and O–H groups in total. The molecule has 4 rings (SSSR count). The van der Waals surface area contributed by atoms with Gasteiger partial charge in [0.1, 0.15) is 5.82 Å². The number of carbonyl (C=O) groups excluding carboxylic acids is 1. The van der Waals surface area contributed by atoms with Gasteiger partial charge >= 0.3 is 0 Å². The zero-order valence-corrected chi connectivity index (χ0v) is 16.8. The summed E-state index contributed by atoms with van der Waals surface area (Å²) in [6.45, 7) is 0. The van der Waals surface area contributed by atoms with Crippen molar-refractivity contribution in [3.05, 3.63) is 71.3 Å². The largest absolute Gasteiger partial charge is 0.493 e. The summed E-state index contributed by atoms with van der Waals surface area (Å²) in [5.41, 5.74) is 2.52. The molecule has 0 aliphatic rings. The van der Waals surface area contributed by atoms with Crippen LogP contribution in [0.15, 0.2) is 54.7 Å². The fourth-order valence-corrected chi connectivity index (χ4v) is 3.17. The highest BCUT2D eigenvalue weighted by Crippen LogP contribution is 2.32. The Bertz CT molecular complexity index is 1260. The van der Waals surface area contributed by atoms with E-state index in [0.717, 1.165) is 5.56 Å². The number of ether oxygens (including phenoxy) is 2. The first kappa shape index (κ1) is 19.7. The van der Waals surface area contributed by atoms with E-state index in [0.29, 0.717) is 28.5 Å². The van der Waals surface area contributed by atoms with Gasteiger partial charge < -0.3 is 14.8 Å². The normalized spacial score (nSPS) is 10.8. The number of methoxy groups -OCH3 is 2. The third-order valence-electron chi connectivity index (χ3n) is 4.45. The molecular formula is C21H16ClFN4O3. The first-order valence-corrected chi connectivity index (χ1v) is 9.21. The van der Waals surface area contributed by atoms with E-state index in [2.05, 4.69) is 15.4 Å². The molecule has 0 aliphatic heterocycles. The molecule has 0 bridgehead atoms. The monoisotopic (exact) mass is 426 g/mol. The van der Waals surface area contributed by atoms with Crippen molar-refractivity contribution in [3.63, 3.8) is 0 Å². The van der Waals surface area contributed by atoms with Crippen LogP contribution in [0.25, 0.3) is 16.9 Å². The summed E-state index contributed by atoms with van der Waals surface area (Å²) < 4.78 is 25.5. The lowest BCUT2D eigenvalue weighted by Crippen LogP contribution is -2.12. The molecule has 0 unspecified atom stereocenters. The molecule has 30 heavy (non-hydrogen) atoms. The molecule has 2 aromatic carbocycles. The number of anilines is 1. The van der Waals surface area contributed by atoms with Crippen LogP contribution in [0.2, 0.25) is 5.02 Å². The lowest BCUT2D eigenvalue weighted by atomic mass is 10.1. The second kappa shape index (κ2) is 8.00. The number of hydrogen-bond acceptors (Lipinski definition) is 5. The minimum atomic E-state index is -0.564. The highest BCUT2D eigenvalue weighted by Gasteiger charge is 2.16. The third kappa shape index (κ3) is 3.65. The average Bonchev–Trinajstić information content (AvgIpc) is 3.20. The van der Waals surface area contributed by atoms with Crippen LogP contribution in [0.4, 0.5) is 10.1 Å². The number of carbonyl (C=O) groups is 1. The van der Waals surface area contributed by atoms with Crippen molar-refractivity contribution in [2.75, 3.05) is 19.5 Å². The highest BCUT2D eigenvalue weighted by molar-refractivity contribution is 6.31. The number of fused-ring (bicyclic) bond motifs is 1. The van der Waals surface area contributed by atoms with Gasteiger partial charge in [-0.3, -0.25) is 4.79 Å². The van der Waals surface area contributed by atoms with Gasteiger partial charge in [-0.15, -0.1) is 0 Å². The van der Waals surface area contributed by atoms with Crippen LogP contribution >= 0.6 is 11.6 Å². The molecular weight excluding hydrogens is 411 g/mol. The predicted molar refractivity (Wildman–Crippen MR) is 111 cm³/mol. The molecule has 0 radical (unpaired) electrons. The minimum absolute atomic E-state index is 0.0831. The maximum Gasteiger partial charge on any atom is 0.276 e. The van der Waals surface area contributed by atoms with Crippen molar-refractivity contribution < 1.29 is 18.7 Å². The van der Waals surface area contributed by atoms with Gasteiger partial charge in [-0.1, -0.05) is 11.6 Å². The van der Waals surface area contributed by atoms with E-state index >= 15 is 0 Å². The Morgan fingerprint density at radius 1 is 1.07 bits per heavy atom. The zero-order valence-electron chi connectivity index (χ0n) is 16.0. The Morgan fingerprint density at radius 3 is 2.60 bits per heavy atom. The summed E-state index contributed by atoms with van der Waals surface area (Å²) in [6.07, 6.45) is 1.63. The Balaban J connectivity index is 1.70. The smallest absolute Gasteiger partial charge is 0.276 e. The molecule has 2 heterocycles. The van der Waals surface area contributed by atoms with Crippen molar-refractivity contribution in [1.29, 1.82) is 0 Å². The summed E-state index contributed by atoms with van der Waals surface area (Å²) >= 11 is 5.77. The number of nitrogens with zero attached hydrogens (tertiary/aromatic N) is 3. The Kier molecular flexibility index (Phi) is 5.24. The van der Waals surface area contributed by atoms with Gasteiger partial charge in [0.15, 0.2) is 22.8 Å². The number of amides is 1. The lowest BCUT2D eigenvalue weighted by molar-refractivity contribution is 0.102. The number of benzene rings is 2. The Hall–Kier alpha value is -3.65. The second-order valence-electron chi connectivity index (χ2n) is 6.28. The van der Waals surface area contributed by atoms with Crippen LogP contribution in [0.5, 0.6) is 11.5 Å². The summed E-state index contributed by atoms with van der Waals surface area (Å²) in [5, 5.41) is 6.95. The summed E-state index contributed by atoms with van der Waals surface area (Å²) in [6, 6.07) is 12.7. The van der Waals surface area contributed by atoms with Gasteiger partial charge in [-0.25, -0.2) is 13.9 Å². The van der Waals surface area contributed by atoms with Crippen LogP contribution < -0.4 is 14.8 Å². The van der Waals surface area contributed by atoms with Crippen molar-refractivity contribution in [2.24, 2.45) is 0 Å². The maximum atomic E-state index is 13.3. The molecule has 0 spiro atoms. The zero-order chi connectivity index (χ0) is 21.3. The molecule has 9 heteroatoms. The van der Waals surface area contributed by atoms with E-state index < -0.39 is 11.7 Å². The van der Waals surface area contributed by atoms with E-state index in [1.807, 2.05) is 12.1 Å². The molecule has 0 fully saturated rings. The van der Waals surface area contributed by atoms with E-state index in [4.69, 9.17) is 21.1 Å². The molecule has 152 valence electrons. The van der Waals surface area contributed by atoms with E-state index in [9.17, 15) is 9.18 Å². The lowest BCUT2D eigenvalue weighted by Gasteiger charge is -2.10. The Morgan fingerprint density at radius 2 is 1.87 bits per heavy atom. The molecule has 2 aromatic heterocycles. The highest BCUT2D eigenvalue weighted by atomic mass is 35.5. The van der Waals surface area contributed by atoms with Gasteiger partial charge in [0.2, 0.25) is 0 Å². The van der Waals surface area contributed by atoms with Gasteiger partial charge in [0, 0.05) is 23.5 Å². The van der Waals surface area contributed by atoms with Crippen LogP contribution in [-0.4, -0.2) is 34.7 Å². The van der Waals surface area contributed by atoms with Crippen LogP contribution in [0.1, 0.15) is 10.5 Å². The molecule has 0 saturated carbocycles. The maximum absolute atomic E-state index is 13.3. The molecule has 0 saturated heterocycles. The molecule has 4 aromatic rings. The third-order valence-corrected chi connectivity index (χ3v) is 4.74. The molecule has 0 aliphatic carbocycles. The summed E-state index contributed by atoms with van der Waals surface area (Å²) in [5.74, 6) is 0.135. The minimum Gasteiger partial charge on any atom is -0.493 e. The van der Waals surface area contributed by atoms with E-state index in [-0.39, 0.29) is 10.7 Å². The summed E-state index contributed by atoms with van der Waals surface area (Å²) in [4.78, 5) is 16.9. The van der Waals surface area contributed by atoms with Gasteiger partial charge in [-0.05, 0) is 42.5 Å². The number of halogens is 2. The number of aromatic nitrogens is 3. The SMILES string of the molecule is COc1ccc(-c2ccnc3cc(C(=O)Nc4ccc(F)c(Cl)c4)nn23)cc1OC. The van der Waals surface area contributed by atoms with Gasteiger partial charge in [0.25, 0.3) is 5.91 Å². The van der Waals surface area contributed by atoms with Crippen LogP contribution in [-0.2, 0) is 0 Å². The fourth-order valence-electron chi connectivity index (χ4n) is 2.99. The molecule has 1 amide bonds. The van der Waals surface area contributed by atoms with Gasteiger partial charge in [-0.2, -0.15) is 5.10 Å². The average molecular weight is 427 g/mol. The molecule has 7 nitrogen and oxygen atoms in total. The van der Waals surface area contributed by atoms with Crippen LogP contribution in [0.3, 0.4) is 0 Å². The summed E-state index contributed by atoms with van der Waals surface area (Å²) in [7, 11) is 3.12. The predicted octanol–water partition coefficient (Wildman–Crippen LogP) is 4.46. The van der Waals surface area contributed by atoms with Crippen molar-refractivity contribution in [3.8, 4) is 22.8 Å². The Labute approximate surface area is 176 Å². The number of rotatable bonds is 5. The topological polar surface area (TPSA) is 77.8 Å². The van der Waals surface area contributed by atoms with E-state index in [1.54, 1.807) is 43.1 Å². The van der Waals surface area contributed by atoms with Crippen LogP contribution in [0, 0.1) is 5.82 Å². The second-order valence-corrected chi connectivity index (χ2v) is 6.69. The van der Waals surface area contributed by atoms with Crippen molar-refractivity contribution >= 4 is 28.8 Å². The first-order chi connectivity index (χ1) is 14.5. The first-order valence-electron chi connectivity index (χ1n) is 8.83. The van der Waals surface area contributed by atoms with Crippen molar-refractivity contribution in [1.82, 2.24) is 14.6 Å². The fraction of sp³-hybridized carbons (Fsp3) is 0.0952. The van der Waals surface area contributed by atoms with Gasteiger partial charge in [0.05, 0.1) is 24.9 Å². The quantitative estimate of drug-likeness (QED) is 0.510. The molecule has 0 atom stereocenters.